The van der Waals surface area contributed by atoms with E-state index in [2.05, 4.69) is 248 Å². The molecule has 7 heterocycles. The monoisotopic (exact) mass is 1050 g/mol. The van der Waals surface area contributed by atoms with Crippen LogP contribution in [-0.2, 0) is 5.41 Å². The molecule has 10 aromatic carbocycles. The fourth-order valence-corrected chi connectivity index (χ4v) is 15.0. The zero-order valence-corrected chi connectivity index (χ0v) is 43.9. The summed E-state index contributed by atoms with van der Waals surface area (Å²) in [6.07, 6.45) is 4.04. The molecule has 0 N–H and O–H groups in total. The van der Waals surface area contributed by atoms with Gasteiger partial charge in [-0.1, -0.05) is 157 Å². The minimum Gasteiger partial charge on any atom is -0.452 e. The number of pyridine rings is 2. The second kappa shape index (κ2) is 16.4. The number of anilines is 3. The molecule has 0 bridgehead atoms. The van der Waals surface area contributed by atoms with Gasteiger partial charge < -0.3 is 23.3 Å². The minimum absolute atomic E-state index is 0.597. The zero-order valence-electron chi connectivity index (χ0n) is 43.1. The van der Waals surface area contributed by atoms with Crippen LogP contribution in [0.4, 0.5) is 22.7 Å². The molecule has 1 unspecified atom stereocenters. The number of rotatable bonds is 4. The molecule has 18 rings (SSSR count). The molecule has 0 amide bonds. The maximum Gasteiger partial charge on any atom is 0.188 e. The van der Waals surface area contributed by atoms with E-state index in [9.17, 15) is 0 Å². The number of hydrogen-bond acceptors (Lipinski definition) is 5. The molecule has 2 aliphatic heterocycles. The van der Waals surface area contributed by atoms with E-state index >= 15 is 0 Å². The maximum absolute atomic E-state index is 7.99. The van der Waals surface area contributed by atoms with Crippen molar-refractivity contribution in [3.8, 4) is 39.9 Å². The van der Waals surface area contributed by atoms with Gasteiger partial charge in [0.1, 0.15) is 0 Å². The lowest BCUT2D eigenvalue weighted by atomic mass is 9.66. The molecule has 0 fully saturated rings. The largest absolute Gasteiger partial charge is 0.452 e. The van der Waals surface area contributed by atoms with Gasteiger partial charge in [0, 0.05) is 59.0 Å². The molecular weight excluding hydrogens is 1010 g/mol. The Labute approximate surface area is 468 Å². The number of fused-ring (bicyclic) bond motifs is 20. The van der Waals surface area contributed by atoms with Crippen LogP contribution in [0.1, 0.15) is 22.3 Å². The van der Waals surface area contributed by atoms with Crippen molar-refractivity contribution in [2.75, 3.05) is 4.90 Å². The van der Waals surface area contributed by atoms with Crippen molar-refractivity contribution in [2.24, 2.45) is 0 Å². The summed E-state index contributed by atoms with van der Waals surface area (Å²) < 4.78 is 15.0. The topological polar surface area (TPSA) is 57.4 Å². The van der Waals surface area contributed by atoms with Crippen molar-refractivity contribution in [1.29, 1.82) is 0 Å². The quantitative estimate of drug-likeness (QED) is 0.164. The first-order valence-electron chi connectivity index (χ1n) is 27.2. The first-order chi connectivity index (χ1) is 40.2. The molecule has 5 aromatic heterocycles. The molecule has 376 valence electrons. The fraction of sp³-hybridized carbons (Fsp3) is 0.0139. The van der Waals surface area contributed by atoms with Crippen LogP contribution < -0.4 is 9.64 Å². The van der Waals surface area contributed by atoms with E-state index in [1.807, 2.05) is 24.5 Å². The summed E-state index contributed by atoms with van der Waals surface area (Å²) in [5, 5.41) is 6.76. The molecule has 15 aromatic rings. The molecule has 9 heteroatoms. The van der Waals surface area contributed by atoms with E-state index in [0.717, 1.165) is 144 Å². The summed E-state index contributed by atoms with van der Waals surface area (Å²) in [6.45, 7) is 7.99. The van der Waals surface area contributed by atoms with Crippen molar-refractivity contribution in [1.82, 2.24) is 23.7 Å². The molecule has 1 atom stereocenters. The van der Waals surface area contributed by atoms with Gasteiger partial charge in [-0.05, 0) is 96.4 Å². The highest BCUT2D eigenvalue weighted by molar-refractivity contribution is 7.99. The van der Waals surface area contributed by atoms with Gasteiger partial charge in [-0.25, -0.2) is 4.85 Å². The third-order valence-electron chi connectivity index (χ3n) is 17.2. The van der Waals surface area contributed by atoms with Crippen molar-refractivity contribution in [3.05, 3.63) is 283 Å². The van der Waals surface area contributed by atoms with E-state index < -0.39 is 5.41 Å². The van der Waals surface area contributed by atoms with Crippen LogP contribution in [0.25, 0.3) is 98.7 Å². The highest BCUT2D eigenvalue weighted by atomic mass is 32.2. The molecule has 0 radical (unpaired) electrons. The van der Waals surface area contributed by atoms with E-state index in [-0.39, 0.29) is 0 Å². The molecule has 3 aliphatic rings. The lowest BCUT2D eigenvalue weighted by Crippen LogP contribution is -2.33. The Morgan fingerprint density at radius 1 is 0.370 bits per heavy atom. The van der Waals surface area contributed by atoms with Crippen molar-refractivity contribution in [2.45, 2.75) is 15.2 Å². The van der Waals surface area contributed by atoms with E-state index in [0.29, 0.717) is 5.69 Å². The molecule has 0 saturated heterocycles. The third-order valence-corrected chi connectivity index (χ3v) is 18.3. The van der Waals surface area contributed by atoms with E-state index in [1.165, 1.54) is 10.8 Å². The Balaban J connectivity index is 1.01. The lowest BCUT2D eigenvalue weighted by molar-refractivity contribution is 0.435. The number of hydrogen-bond donors (Lipinski definition) is 0. The van der Waals surface area contributed by atoms with Gasteiger partial charge in [0.2, 0.25) is 0 Å². The minimum atomic E-state index is -1.08. The first-order valence-corrected chi connectivity index (χ1v) is 28.0. The SMILES string of the molecule is [C-]#[N+]c1ccc2c(c1)c1ccccc1n2-c1cnc2c(c1)C1(c3cc(-n4c5ccccc5c5ccccc54)cnc3-2)c2cccc(N3c4ccccc4Sc4ccccc43)c2Oc2c(-n3c4ccccc4c4ccccc43)cccc21. The van der Waals surface area contributed by atoms with Gasteiger partial charge in [-0.2, -0.15) is 0 Å². The van der Waals surface area contributed by atoms with Crippen LogP contribution in [0.3, 0.4) is 0 Å². The average Bonchev–Trinajstić information content (AvgIpc) is 4.19. The predicted octanol–water partition coefficient (Wildman–Crippen LogP) is 18.7. The number of aromatic nitrogens is 5. The lowest BCUT2D eigenvalue weighted by Gasteiger charge is -2.42. The summed E-state index contributed by atoms with van der Waals surface area (Å²) in [7, 11) is 0. The normalized spacial score (nSPS) is 14.7. The molecular formula is C72H41N7OS. The van der Waals surface area contributed by atoms with Crippen LogP contribution in [0.2, 0.25) is 0 Å². The molecule has 0 saturated carbocycles. The predicted molar refractivity (Wildman–Crippen MR) is 327 cm³/mol. The fourth-order valence-electron chi connectivity index (χ4n) is 13.9. The maximum atomic E-state index is 7.99. The molecule has 8 nitrogen and oxygen atoms in total. The second-order valence-corrected chi connectivity index (χ2v) is 22.2. The number of para-hydroxylation sites is 9. The van der Waals surface area contributed by atoms with Gasteiger partial charge in [0.15, 0.2) is 17.2 Å². The highest BCUT2D eigenvalue weighted by Crippen LogP contribution is 2.66. The van der Waals surface area contributed by atoms with Gasteiger partial charge in [-0.3, -0.25) is 9.97 Å². The van der Waals surface area contributed by atoms with Crippen LogP contribution >= 0.6 is 11.8 Å². The number of nitrogens with zero attached hydrogens (tertiary/aromatic N) is 7. The second-order valence-electron chi connectivity index (χ2n) is 21.1. The summed E-state index contributed by atoms with van der Waals surface area (Å²) in [6, 6.07) is 84.7. The van der Waals surface area contributed by atoms with E-state index in [4.69, 9.17) is 21.3 Å². The highest BCUT2D eigenvalue weighted by Gasteiger charge is 2.54. The number of benzene rings is 10. The summed E-state index contributed by atoms with van der Waals surface area (Å²) in [5.74, 6) is 1.48. The van der Waals surface area contributed by atoms with Crippen molar-refractivity contribution < 1.29 is 4.74 Å². The van der Waals surface area contributed by atoms with E-state index in [1.54, 1.807) is 11.8 Å². The standard InChI is InChI=1S/C72H41N7OS/c1-73-43-36-37-61-51(38-43)50-22-6-9-27-58(50)77(61)45-40-55-69(75-42-45)68-54(39-44(41-74-68)76-56-25-7-2-18-46(56)47-19-3-8-26-57(47)76)72(55)52-23-16-32-64(78-59-28-10-4-20-48(59)49-21-5-11-29-60(49)78)70(52)80-71-53(72)24-17-33-65(71)79-62-30-12-14-34-66(62)81-67-35-15-13-31-63(67)79/h2-42H. The summed E-state index contributed by atoms with van der Waals surface area (Å²) in [4.78, 5) is 19.8. The smallest absolute Gasteiger partial charge is 0.188 e. The van der Waals surface area contributed by atoms with Crippen molar-refractivity contribution >= 4 is 99.9 Å². The third kappa shape index (κ3) is 5.88. The molecule has 1 aliphatic carbocycles. The average molecular weight is 1050 g/mol. The Morgan fingerprint density at radius 2 is 0.778 bits per heavy atom. The van der Waals surface area contributed by atoms with Gasteiger partial charge >= 0.3 is 0 Å². The Morgan fingerprint density at radius 3 is 1.28 bits per heavy atom. The molecule has 1 spiro atoms. The Hall–Kier alpha value is -10.7. The van der Waals surface area contributed by atoms with Gasteiger partial charge in [0.05, 0.1) is 103 Å². The first kappa shape index (κ1) is 44.3. The van der Waals surface area contributed by atoms with Crippen LogP contribution in [0.15, 0.2) is 259 Å². The zero-order chi connectivity index (χ0) is 53.1. The van der Waals surface area contributed by atoms with Crippen LogP contribution in [-0.4, -0.2) is 23.7 Å². The van der Waals surface area contributed by atoms with Crippen LogP contribution in [0.5, 0.6) is 11.5 Å². The Bertz CT molecular complexity index is 5160. The molecule has 81 heavy (non-hydrogen) atoms. The summed E-state index contributed by atoms with van der Waals surface area (Å²) >= 11 is 1.79. The van der Waals surface area contributed by atoms with Gasteiger partial charge in [0.25, 0.3) is 0 Å². The van der Waals surface area contributed by atoms with Crippen LogP contribution in [0, 0.1) is 6.57 Å². The van der Waals surface area contributed by atoms with Gasteiger partial charge in [-0.15, -0.1) is 0 Å². The summed E-state index contributed by atoms with van der Waals surface area (Å²) in [5.41, 5.74) is 17.3. The number of ether oxygens (including phenoxy) is 1. The van der Waals surface area contributed by atoms with Crippen molar-refractivity contribution in [3.63, 3.8) is 0 Å². The Kier molecular flexibility index (Phi) is 9.00.